The summed E-state index contributed by atoms with van der Waals surface area (Å²) in [6.07, 6.45) is 0. The van der Waals surface area contributed by atoms with Gasteiger partial charge in [0.15, 0.2) is 0 Å². The summed E-state index contributed by atoms with van der Waals surface area (Å²) in [6, 6.07) is 2.33. The van der Waals surface area contributed by atoms with Crippen LogP contribution in [0.4, 0.5) is 11.6 Å². The molecule has 2 rings (SSSR count). The summed E-state index contributed by atoms with van der Waals surface area (Å²) in [4.78, 5) is 13.8. The standard InChI is InChI=1S/C14H25N5/c1-10-9-18(5)6-7-19(10)12-8-11(15)16-13(17-12)14(2,3)4/h8,10H,6-7,9H2,1-5H3,(H2,15,16,17). The summed E-state index contributed by atoms with van der Waals surface area (Å²) >= 11 is 0. The minimum absolute atomic E-state index is 0.0834. The van der Waals surface area contributed by atoms with Gasteiger partial charge in [-0.05, 0) is 14.0 Å². The second-order valence-electron chi connectivity index (χ2n) is 6.53. The van der Waals surface area contributed by atoms with Crippen LogP contribution >= 0.6 is 0 Å². The van der Waals surface area contributed by atoms with E-state index in [0.717, 1.165) is 31.3 Å². The summed E-state index contributed by atoms with van der Waals surface area (Å²) < 4.78 is 0. The van der Waals surface area contributed by atoms with Gasteiger partial charge in [0, 0.05) is 37.2 Å². The Bertz CT molecular complexity index is 452. The molecule has 0 aromatic carbocycles. The van der Waals surface area contributed by atoms with Crippen molar-refractivity contribution < 1.29 is 0 Å². The van der Waals surface area contributed by atoms with Gasteiger partial charge in [0.05, 0.1) is 0 Å². The van der Waals surface area contributed by atoms with Gasteiger partial charge in [-0.2, -0.15) is 0 Å². The largest absolute Gasteiger partial charge is 0.384 e. The number of piperazine rings is 1. The Balaban J connectivity index is 2.32. The monoisotopic (exact) mass is 263 g/mol. The first-order chi connectivity index (χ1) is 8.77. The van der Waals surface area contributed by atoms with Gasteiger partial charge >= 0.3 is 0 Å². The number of likely N-dealkylation sites (N-methyl/N-ethyl adjacent to an activating group) is 1. The summed E-state index contributed by atoms with van der Waals surface area (Å²) in [5.41, 5.74) is 5.86. The highest BCUT2D eigenvalue weighted by atomic mass is 15.3. The lowest BCUT2D eigenvalue weighted by atomic mass is 9.95. The molecule has 1 saturated heterocycles. The van der Waals surface area contributed by atoms with E-state index in [-0.39, 0.29) is 5.41 Å². The smallest absolute Gasteiger partial charge is 0.138 e. The van der Waals surface area contributed by atoms with E-state index in [9.17, 15) is 0 Å². The molecule has 2 N–H and O–H groups in total. The molecule has 1 aliphatic heterocycles. The number of hydrogen-bond donors (Lipinski definition) is 1. The molecule has 1 unspecified atom stereocenters. The van der Waals surface area contributed by atoms with E-state index >= 15 is 0 Å². The zero-order valence-corrected chi connectivity index (χ0v) is 12.6. The second kappa shape index (κ2) is 4.96. The third-order valence-electron chi connectivity index (χ3n) is 3.53. The third kappa shape index (κ3) is 3.15. The van der Waals surface area contributed by atoms with Crippen LogP contribution in [0, 0.1) is 0 Å². The first kappa shape index (κ1) is 14.1. The van der Waals surface area contributed by atoms with Crippen LogP contribution in [0.25, 0.3) is 0 Å². The van der Waals surface area contributed by atoms with E-state index in [0.29, 0.717) is 11.9 Å². The van der Waals surface area contributed by atoms with Crippen LogP contribution in [-0.4, -0.2) is 47.6 Å². The third-order valence-corrected chi connectivity index (χ3v) is 3.53. The van der Waals surface area contributed by atoms with Crippen molar-refractivity contribution in [2.75, 3.05) is 37.3 Å². The molecule has 19 heavy (non-hydrogen) atoms. The Morgan fingerprint density at radius 1 is 1.26 bits per heavy atom. The minimum Gasteiger partial charge on any atom is -0.384 e. The topological polar surface area (TPSA) is 58.3 Å². The molecule has 2 heterocycles. The molecule has 1 aromatic heterocycles. The van der Waals surface area contributed by atoms with Crippen molar-refractivity contribution in [3.63, 3.8) is 0 Å². The first-order valence-electron chi connectivity index (χ1n) is 6.87. The fourth-order valence-electron chi connectivity index (χ4n) is 2.42. The highest BCUT2D eigenvalue weighted by Crippen LogP contribution is 2.25. The predicted molar refractivity (Wildman–Crippen MR) is 79.4 cm³/mol. The lowest BCUT2D eigenvalue weighted by Gasteiger charge is -2.39. The second-order valence-corrected chi connectivity index (χ2v) is 6.53. The Morgan fingerprint density at radius 2 is 1.95 bits per heavy atom. The Labute approximate surface area is 115 Å². The molecule has 1 fully saturated rings. The molecular weight excluding hydrogens is 238 g/mol. The highest BCUT2D eigenvalue weighted by Gasteiger charge is 2.25. The van der Waals surface area contributed by atoms with E-state index in [2.05, 4.69) is 49.5 Å². The zero-order chi connectivity index (χ0) is 14.2. The first-order valence-corrected chi connectivity index (χ1v) is 6.87. The van der Waals surface area contributed by atoms with Crippen LogP contribution < -0.4 is 10.6 Å². The van der Waals surface area contributed by atoms with Crippen LogP contribution in [0.15, 0.2) is 6.07 Å². The highest BCUT2D eigenvalue weighted by molar-refractivity contribution is 5.48. The number of aromatic nitrogens is 2. The van der Waals surface area contributed by atoms with Crippen molar-refractivity contribution in [1.29, 1.82) is 0 Å². The molecule has 1 aliphatic rings. The van der Waals surface area contributed by atoms with Crippen molar-refractivity contribution in [2.45, 2.75) is 39.2 Å². The number of nitrogens with zero attached hydrogens (tertiary/aromatic N) is 4. The quantitative estimate of drug-likeness (QED) is 0.832. The zero-order valence-electron chi connectivity index (χ0n) is 12.6. The van der Waals surface area contributed by atoms with Crippen molar-refractivity contribution in [2.24, 2.45) is 0 Å². The maximum atomic E-state index is 5.95. The molecule has 1 aromatic rings. The van der Waals surface area contributed by atoms with Gasteiger partial charge in [0.1, 0.15) is 17.5 Å². The van der Waals surface area contributed by atoms with Gasteiger partial charge in [-0.3, -0.25) is 0 Å². The normalized spacial score (nSPS) is 21.7. The van der Waals surface area contributed by atoms with Crippen LogP contribution in [0.1, 0.15) is 33.5 Å². The Hall–Kier alpha value is -1.36. The number of nitrogen functional groups attached to an aromatic ring is 1. The molecule has 5 nitrogen and oxygen atoms in total. The van der Waals surface area contributed by atoms with Gasteiger partial charge in [0.2, 0.25) is 0 Å². The van der Waals surface area contributed by atoms with Gasteiger partial charge < -0.3 is 15.5 Å². The molecule has 106 valence electrons. The van der Waals surface area contributed by atoms with E-state index in [4.69, 9.17) is 10.7 Å². The lowest BCUT2D eigenvalue weighted by molar-refractivity contribution is 0.274. The molecule has 1 atom stereocenters. The van der Waals surface area contributed by atoms with E-state index < -0.39 is 0 Å². The Morgan fingerprint density at radius 3 is 2.53 bits per heavy atom. The number of nitrogens with two attached hydrogens (primary N) is 1. The van der Waals surface area contributed by atoms with Crippen LogP contribution in [0.3, 0.4) is 0 Å². The number of hydrogen-bond acceptors (Lipinski definition) is 5. The van der Waals surface area contributed by atoms with Gasteiger partial charge in [-0.15, -0.1) is 0 Å². The lowest BCUT2D eigenvalue weighted by Crippen LogP contribution is -2.51. The fourth-order valence-corrected chi connectivity index (χ4v) is 2.42. The molecule has 5 heteroatoms. The van der Waals surface area contributed by atoms with Gasteiger partial charge in [-0.25, -0.2) is 9.97 Å². The summed E-state index contributed by atoms with van der Waals surface area (Å²) in [7, 11) is 2.16. The summed E-state index contributed by atoms with van der Waals surface area (Å²) in [5, 5.41) is 0. The maximum Gasteiger partial charge on any atom is 0.138 e. The maximum absolute atomic E-state index is 5.95. The molecule has 0 aliphatic carbocycles. The SMILES string of the molecule is CC1CN(C)CCN1c1cc(N)nc(C(C)(C)C)n1. The fraction of sp³-hybridized carbons (Fsp3) is 0.714. The summed E-state index contributed by atoms with van der Waals surface area (Å²) in [6.45, 7) is 11.6. The predicted octanol–water partition coefficient (Wildman–Crippen LogP) is 1.50. The molecule has 0 bridgehead atoms. The van der Waals surface area contributed by atoms with E-state index in [1.54, 1.807) is 0 Å². The summed E-state index contributed by atoms with van der Waals surface area (Å²) in [5.74, 6) is 2.33. The van der Waals surface area contributed by atoms with Gasteiger partial charge in [-0.1, -0.05) is 20.8 Å². The van der Waals surface area contributed by atoms with Crippen LogP contribution in [0.2, 0.25) is 0 Å². The molecule has 0 spiro atoms. The minimum atomic E-state index is -0.0834. The molecular formula is C14H25N5. The number of anilines is 2. The van der Waals surface area contributed by atoms with Crippen molar-refractivity contribution in [3.8, 4) is 0 Å². The van der Waals surface area contributed by atoms with Crippen molar-refractivity contribution in [1.82, 2.24) is 14.9 Å². The average Bonchev–Trinajstić information content (AvgIpc) is 2.26. The van der Waals surface area contributed by atoms with E-state index in [1.807, 2.05) is 6.07 Å². The molecule has 0 radical (unpaired) electrons. The van der Waals surface area contributed by atoms with Crippen LogP contribution in [-0.2, 0) is 5.41 Å². The average molecular weight is 263 g/mol. The Kier molecular flexibility index (Phi) is 3.67. The van der Waals surface area contributed by atoms with Crippen molar-refractivity contribution >= 4 is 11.6 Å². The molecule has 0 saturated carbocycles. The van der Waals surface area contributed by atoms with Crippen LogP contribution in [0.5, 0.6) is 0 Å². The van der Waals surface area contributed by atoms with E-state index in [1.165, 1.54) is 0 Å². The molecule has 0 amide bonds. The number of rotatable bonds is 1. The van der Waals surface area contributed by atoms with Crippen molar-refractivity contribution in [3.05, 3.63) is 11.9 Å². The van der Waals surface area contributed by atoms with Gasteiger partial charge in [0.25, 0.3) is 0 Å².